The van der Waals surface area contributed by atoms with E-state index in [0.717, 1.165) is 54.9 Å². The summed E-state index contributed by atoms with van der Waals surface area (Å²) < 4.78 is 8.51. The average molecular weight is 567 g/mol. The first-order chi connectivity index (χ1) is 22.3. The predicted octanol–water partition coefficient (Wildman–Crippen LogP) is 1.54. The van der Waals surface area contributed by atoms with Gasteiger partial charge in [0.1, 0.15) is 66.1 Å². The first-order valence-corrected chi connectivity index (χ1v) is 14.7. The van der Waals surface area contributed by atoms with E-state index >= 15 is 0 Å². The zero-order valence-electron chi connectivity index (χ0n) is 24.5. The minimum Gasteiger partial charge on any atom is -0.457 e. The van der Waals surface area contributed by atoms with Gasteiger partial charge in [0.15, 0.2) is 0 Å². The topological polar surface area (TPSA) is 33.9 Å². The lowest BCUT2D eigenvalue weighted by atomic mass is 9.64. The third-order valence-electron chi connectivity index (χ3n) is 9.34. The summed E-state index contributed by atoms with van der Waals surface area (Å²) in [6.07, 6.45) is 0. The van der Waals surface area contributed by atoms with Crippen LogP contribution >= 0.6 is 0 Å². The van der Waals surface area contributed by atoms with Crippen LogP contribution in [0.25, 0.3) is 82.4 Å². The van der Waals surface area contributed by atoms with E-state index < -0.39 is 0 Å². The van der Waals surface area contributed by atoms with E-state index in [4.69, 9.17) is 59.3 Å². The fourth-order valence-corrected chi connectivity index (χ4v) is 7.17. The molecule has 1 N–H and O–H groups in total. The Balaban J connectivity index is 1.37. The third-order valence-corrected chi connectivity index (χ3v) is 9.34. The van der Waals surface area contributed by atoms with Gasteiger partial charge in [0, 0.05) is 49.0 Å². The van der Waals surface area contributed by atoms with Crippen LogP contribution in [-0.4, -0.2) is 64.5 Å². The number of para-hydroxylation sites is 2. The number of hydrogen-bond acceptors (Lipinski definition) is 1. The zero-order valence-corrected chi connectivity index (χ0v) is 24.5. The zero-order chi connectivity index (χ0) is 31.6. The maximum atomic E-state index is 6.84. The van der Waals surface area contributed by atoms with Crippen molar-refractivity contribution in [1.29, 1.82) is 0 Å². The molecule has 0 unspecified atom stereocenters. The molecular weight excluding hydrogens is 552 g/mol. The molecular formula is C36H15B7N2O. The number of aromatic amines is 1. The molecule has 3 nitrogen and oxygen atoms in total. The number of aromatic nitrogens is 2. The lowest BCUT2D eigenvalue weighted by Gasteiger charge is -2.17. The Labute approximate surface area is 273 Å². The van der Waals surface area contributed by atoms with Gasteiger partial charge in [-0.2, -0.15) is 0 Å². The van der Waals surface area contributed by atoms with E-state index in [9.17, 15) is 0 Å². The monoisotopic (exact) mass is 568 g/mol. The summed E-state index contributed by atoms with van der Waals surface area (Å²) in [5, 5.41) is 5.31. The molecule has 0 saturated carbocycles. The number of fused-ring (bicyclic) bond motifs is 10. The minimum atomic E-state index is 0.138. The molecule has 46 heavy (non-hydrogen) atoms. The van der Waals surface area contributed by atoms with E-state index in [2.05, 4.69) is 76.3 Å². The first kappa shape index (κ1) is 27.5. The van der Waals surface area contributed by atoms with Gasteiger partial charge in [0.25, 0.3) is 0 Å². The first-order valence-electron chi connectivity index (χ1n) is 14.7. The highest BCUT2D eigenvalue weighted by Gasteiger charge is 2.23. The second kappa shape index (κ2) is 9.59. The van der Waals surface area contributed by atoms with Crippen LogP contribution in [0, 0.1) is 0 Å². The molecule has 0 atom stereocenters. The van der Waals surface area contributed by atoms with Crippen molar-refractivity contribution in [1.82, 2.24) is 9.55 Å². The molecule has 0 aliphatic heterocycles. The highest BCUT2D eigenvalue weighted by molar-refractivity contribution is 6.69. The van der Waals surface area contributed by atoms with Crippen molar-refractivity contribution < 1.29 is 4.42 Å². The van der Waals surface area contributed by atoms with Gasteiger partial charge < -0.3 is 14.0 Å². The second-order valence-electron chi connectivity index (χ2n) is 11.7. The lowest BCUT2D eigenvalue weighted by molar-refractivity contribution is 0.675. The summed E-state index contributed by atoms with van der Waals surface area (Å²) >= 11 is 0. The number of hydrogen-bond donors (Lipinski definition) is 1. The van der Waals surface area contributed by atoms with E-state index in [1.54, 1.807) is 0 Å². The van der Waals surface area contributed by atoms with Crippen LogP contribution in [0.2, 0.25) is 0 Å². The van der Waals surface area contributed by atoms with Gasteiger partial charge in [-0.1, -0.05) is 64.3 Å². The van der Waals surface area contributed by atoms with Crippen molar-refractivity contribution in [3.63, 3.8) is 0 Å². The molecule has 10 heteroatoms. The van der Waals surface area contributed by atoms with E-state index in [-0.39, 0.29) is 32.9 Å². The van der Waals surface area contributed by atoms with Crippen molar-refractivity contribution in [2.24, 2.45) is 0 Å². The Morgan fingerprint density at radius 3 is 1.91 bits per heavy atom. The summed E-state index contributed by atoms with van der Waals surface area (Å²) in [5.74, 6) is 0. The molecule has 14 radical (unpaired) electrons. The summed E-state index contributed by atoms with van der Waals surface area (Å²) in [4.78, 5) is 3.61. The molecule has 0 saturated heterocycles. The molecule has 0 fully saturated rings. The molecule has 0 spiro atoms. The van der Waals surface area contributed by atoms with Crippen LogP contribution in [0.5, 0.6) is 0 Å². The summed E-state index contributed by atoms with van der Waals surface area (Å²) in [7, 11) is 45.3. The summed E-state index contributed by atoms with van der Waals surface area (Å²) in [5.41, 5.74) is 8.74. The molecule has 3 aromatic heterocycles. The van der Waals surface area contributed by atoms with Gasteiger partial charge in [-0.3, -0.25) is 0 Å². The smallest absolute Gasteiger partial charge is 0.128 e. The fourth-order valence-electron chi connectivity index (χ4n) is 7.17. The van der Waals surface area contributed by atoms with Crippen LogP contribution < -0.4 is 38.2 Å². The average Bonchev–Trinajstić information content (AvgIpc) is 3.76. The lowest BCUT2D eigenvalue weighted by Crippen LogP contribution is -2.47. The van der Waals surface area contributed by atoms with Gasteiger partial charge in [0.2, 0.25) is 0 Å². The van der Waals surface area contributed by atoms with Crippen molar-refractivity contribution in [3.8, 4) is 16.8 Å². The molecule has 196 valence electrons. The van der Waals surface area contributed by atoms with Gasteiger partial charge in [-0.25, -0.2) is 0 Å². The van der Waals surface area contributed by atoms with E-state index in [0.29, 0.717) is 32.8 Å². The highest BCUT2D eigenvalue weighted by atomic mass is 16.3. The van der Waals surface area contributed by atoms with Crippen LogP contribution in [0.15, 0.2) is 89.3 Å². The van der Waals surface area contributed by atoms with Crippen LogP contribution in [0.4, 0.5) is 0 Å². The highest BCUT2D eigenvalue weighted by Crippen LogP contribution is 2.40. The molecule has 9 aromatic rings. The van der Waals surface area contributed by atoms with E-state index in [1.165, 1.54) is 0 Å². The Bertz CT molecular complexity index is 2780. The number of H-pyrrole nitrogens is 1. The van der Waals surface area contributed by atoms with Crippen molar-refractivity contribution >= 4 is 159 Å². The summed E-state index contributed by atoms with van der Waals surface area (Å²) in [6.45, 7) is 0. The standard InChI is InChI=1S/C36H15B7N2O/c37-28-23(31(40)35-26(29(28)38)27-30(39)32(41)33(42)34(43)36(27)46-35)15-10-11-19-18(14-15)24-20(44-19)12-13-22-25(24)17-8-4-5-9-21(17)45(22)16-6-2-1-3-7-16/h1-14,44H. The fraction of sp³-hybridized carbons (Fsp3) is 0. The van der Waals surface area contributed by atoms with Gasteiger partial charge in [-0.05, 0) is 59.1 Å². The van der Waals surface area contributed by atoms with Crippen LogP contribution in [-0.2, 0) is 0 Å². The SMILES string of the molecule is [B]c1c([B])c([B])c2c(oc3c([B])c(-c4ccc5[nH]c6ccc7c(c8ccccc8n7-c7ccccc7)c6c5c4)c([B])c([B])c32)c1[B]. The molecule has 0 bridgehead atoms. The number of nitrogens with zero attached hydrogens (tertiary/aromatic N) is 1. The second-order valence-corrected chi connectivity index (χ2v) is 11.7. The number of furan rings is 1. The van der Waals surface area contributed by atoms with Gasteiger partial charge >= 0.3 is 0 Å². The Hall–Kier alpha value is -4.83. The van der Waals surface area contributed by atoms with Crippen LogP contribution in [0.1, 0.15) is 0 Å². The maximum Gasteiger partial charge on any atom is 0.128 e. The quantitative estimate of drug-likeness (QED) is 0.317. The minimum absolute atomic E-state index is 0.138. The molecule has 0 aliphatic carbocycles. The Morgan fingerprint density at radius 1 is 0.478 bits per heavy atom. The number of rotatable bonds is 2. The molecule has 3 heterocycles. The van der Waals surface area contributed by atoms with Crippen LogP contribution in [0.3, 0.4) is 0 Å². The van der Waals surface area contributed by atoms with Gasteiger partial charge in [0.05, 0.1) is 11.0 Å². The van der Waals surface area contributed by atoms with Gasteiger partial charge in [-0.15, -0.1) is 10.9 Å². The molecule has 6 aromatic carbocycles. The predicted molar refractivity (Wildman–Crippen MR) is 201 cm³/mol. The largest absolute Gasteiger partial charge is 0.457 e. The van der Waals surface area contributed by atoms with Crippen molar-refractivity contribution in [3.05, 3.63) is 84.9 Å². The third kappa shape index (κ3) is 3.47. The molecule has 9 rings (SSSR count). The van der Waals surface area contributed by atoms with Crippen molar-refractivity contribution in [2.45, 2.75) is 0 Å². The number of nitrogens with one attached hydrogen (secondary N) is 1. The number of benzene rings is 6. The summed E-state index contributed by atoms with van der Waals surface area (Å²) in [6, 6.07) is 29.2. The molecule has 0 aliphatic rings. The van der Waals surface area contributed by atoms with Crippen molar-refractivity contribution in [2.75, 3.05) is 0 Å². The normalized spacial score (nSPS) is 12.1. The Morgan fingerprint density at radius 2 is 1.13 bits per heavy atom. The van der Waals surface area contributed by atoms with E-state index in [1.807, 2.05) is 18.2 Å². The Kier molecular flexibility index (Phi) is 5.73. The maximum absolute atomic E-state index is 6.84. The molecule has 0 amide bonds.